The molecule has 0 aromatic carbocycles. The number of fused-ring (bicyclic) bond motifs is 6. The van der Waals surface area contributed by atoms with Gasteiger partial charge in [-0.3, -0.25) is 0 Å². The Kier molecular flexibility index (Phi) is 7.44. The van der Waals surface area contributed by atoms with Gasteiger partial charge < -0.3 is 25.1 Å². The zero-order valence-electron chi connectivity index (χ0n) is 23.6. The minimum absolute atomic E-state index is 0.0525. The largest absolute Gasteiger partial charge is 0.392 e. The highest BCUT2D eigenvalue weighted by molar-refractivity contribution is 5.64. The zero-order chi connectivity index (χ0) is 26.5. The van der Waals surface area contributed by atoms with Crippen molar-refractivity contribution in [3.05, 3.63) is 35.1 Å². The lowest BCUT2D eigenvalue weighted by Gasteiger charge is -2.67. The highest BCUT2D eigenvalue weighted by Crippen LogP contribution is 2.73. The molecular formula is C31H49NO4. The van der Waals surface area contributed by atoms with Crippen LogP contribution in [-0.2, 0) is 9.53 Å². The van der Waals surface area contributed by atoms with Crippen LogP contribution >= 0.6 is 0 Å². The van der Waals surface area contributed by atoms with Crippen molar-refractivity contribution >= 4 is 6.29 Å². The van der Waals surface area contributed by atoms with Crippen LogP contribution in [0, 0.1) is 28.1 Å². The van der Waals surface area contributed by atoms with Crippen LogP contribution in [0.25, 0.3) is 0 Å². The summed E-state index contributed by atoms with van der Waals surface area (Å²) in [6.45, 7) is 15.3. The second kappa shape index (κ2) is 9.71. The number of carbonyl (C=O) groups is 1. The van der Waals surface area contributed by atoms with E-state index in [1.807, 2.05) is 13.8 Å². The molecule has 0 amide bonds. The third kappa shape index (κ3) is 3.71. The molecule has 2 aliphatic heterocycles. The lowest BCUT2D eigenvalue weighted by molar-refractivity contribution is -0.275. The van der Waals surface area contributed by atoms with E-state index >= 15 is 0 Å². The molecule has 5 nitrogen and oxygen atoms in total. The normalized spacial score (nSPS) is 44.8. The Morgan fingerprint density at radius 1 is 1.19 bits per heavy atom. The van der Waals surface area contributed by atoms with Crippen molar-refractivity contribution in [3.63, 3.8) is 0 Å². The fraction of sp³-hybridized carbons (Fsp3) is 0.774. The van der Waals surface area contributed by atoms with Crippen molar-refractivity contribution in [2.24, 2.45) is 28.1 Å². The molecular weight excluding hydrogens is 450 g/mol. The summed E-state index contributed by atoms with van der Waals surface area (Å²) in [5.74, 6) is 0.605. The van der Waals surface area contributed by atoms with E-state index in [4.69, 9.17) is 4.74 Å². The fourth-order valence-corrected chi connectivity index (χ4v) is 8.74. The molecule has 0 bridgehead atoms. The lowest BCUT2D eigenvalue weighted by atomic mass is 9.39. The Morgan fingerprint density at radius 3 is 2.56 bits per heavy atom. The van der Waals surface area contributed by atoms with E-state index in [0.717, 1.165) is 51.4 Å². The number of hydrogen-bond donors (Lipinski definition) is 3. The molecule has 0 radical (unpaired) electrons. The van der Waals surface area contributed by atoms with Crippen LogP contribution in [-0.4, -0.2) is 47.0 Å². The number of carbonyl (C=O) groups excluding carboxylic acids is 1. The van der Waals surface area contributed by atoms with Crippen molar-refractivity contribution in [2.75, 3.05) is 6.54 Å². The van der Waals surface area contributed by atoms with E-state index in [2.05, 4.69) is 44.3 Å². The first kappa shape index (κ1) is 27.6. The summed E-state index contributed by atoms with van der Waals surface area (Å²) in [5, 5.41) is 26.0. The van der Waals surface area contributed by atoms with Crippen LogP contribution < -0.4 is 5.32 Å². The first-order valence-electron chi connectivity index (χ1n) is 14.4. The minimum Gasteiger partial charge on any atom is -0.392 e. The van der Waals surface area contributed by atoms with Gasteiger partial charge in [0.1, 0.15) is 6.29 Å². The summed E-state index contributed by atoms with van der Waals surface area (Å²) < 4.78 is 6.43. The molecule has 0 aromatic heterocycles. The quantitative estimate of drug-likeness (QED) is 0.447. The first-order chi connectivity index (χ1) is 17.0. The Labute approximate surface area is 218 Å². The molecule has 3 aliphatic carbocycles. The molecule has 0 aromatic rings. The van der Waals surface area contributed by atoms with E-state index in [1.165, 1.54) is 16.8 Å². The summed E-state index contributed by atoms with van der Waals surface area (Å²) in [7, 11) is 0. The Morgan fingerprint density at radius 2 is 1.92 bits per heavy atom. The van der Waals surface area contributed by atoms with Gasteiger partial charge in [-0.2, -0.15) is 0 Å². The molecule has 8 unspecified atom stereocenters. The molecule has 3 fully saturated rings. The van der Waals surface area contributed by atoms with Gasteiger partial charge in [-0.1, -0.05) is 52.8 Å². The molecule has 2 heterocycles. The predicted octanol–water partition coefficient (Wildman–Crippen LogP) is 5.47. The average molecular weight is 500 g/mol. The maximum absolute atomic E-state index is 13.0. The van der Waals surface area contributed by atoms with Gasteiger partial charge in [0.15, 0.2) is 0 Å². The van der Waals surface area contributed by atoms with Gasteiger partial charge in [-0.05, 0) is 80.8 Å². The van der Waals surface area contributed by atoms with Crippen molar-refractivity contribution in [1.82, 2.24) is 5.32 Å². The Bertz CT molecular complexity index is 945. The number of ether oxygens (including phenoxy) is 1. The number of nitrogens with one attached hydrogen (secondary N) is 1. The predicted molar refractivity (Wildman–Crippen MR) is 144 cm³/mol. The second-order valence-corrected chi connectivity index (χ2v) is 12.6. The van der Waals surface area contributed by atoms with E-state index < -0.39 is 23.2 Å². The highest BCUT2D eigenvalue weighted by atomic mass is 16.5. The monoisotopic (exact) mass is 499 g/mol. The molecule has 5 heteroatoms. The van der Waals surface area contributed by atoms with Crippen LogP contribution in [0.4, 0.5) is 0 Å². The summed E-state index contributed by atoms with van der Waals surface area (Å²) in [6, 6.07) is 0. The molecule has 8 atom stereocenters. The average Bonchev–Trinajstić information content (AvgIpc) is 3.38. The number of aliphatic hydroxyl groups is 2. The van der Waals surface area contributed by atoms with E-state index in [0.29, 0.717) is 12.3 Å². The molecule has 2 saturated carbocycles. The van der Waals surface area contributed by atoms with Gasteiger partial charge in [0, 0.05) is 24.1 Å². The summed E-state index contributed by atoms with van der Waals surface area (Å²) in [5.41, 5.74) is 2.16. The van der Waals surface area contributed by atoms with Gasteiger partial charge in [-0.15, -0.1) is 0 Å². The fourth-order valence-electron chi connectivity index (χ4n) is 8.74. The molecule has 202 valence electrons. The van der Waals surface area contributed by atoms with Crippen LogP contribution in [0.5, 0.6) is 0 Å². The van der Waals surface area contributed by atoms with Crippen molar-refractivity contribution in [2.45, 2.75) is 117 Å². The van der Waals surface area contributed by atoms with Gasteiger partial charge in [0.05, 0.1) is 29.3 Å². The molecule has 1 saturated heterocycles. The molecule has 36 heavy (non-hydrogen) atoms. The standard InChI is InChI=1S/C29H43NO4.C2H6/c1-6-7-8-9-18-16-30-25-20(18)14-19-10-11-21-27(4,28(19,25)5)13-12-23-29(21,17-31)22(32)15-24(34-23)26(2,3)33;1-2/h7-9,17,19,21-24,30,32-33H,6,10-16H2,1-5H3;1-2H3/b8-7-,18-9+;. The molecule has 0 spiro atoms. The SMILES string of the molecule is CC.CC/C=C\C=C1/CNC2=C1CC1CCC3C4(C=O)C(O)CC(C(C)(C)O)OC4CCC3(C)C21C. The number of aldehydes is 1. The Hall–Kier alpha value is -1.43. The van der Waals surface area contributed by atoms with E-state index in [-0.39, 0.29) is 22.9 Å². The maximum atomic E-state index is 13.0. The minimum atomic E-state index is -1.05. The van der Waals surface area contributed by atoms with Crippen LogP contribution in [0.2, 0.25) is 0 Å². The van der Waals surface area contributed by atoms with Crippen LogP contribution in [0.3, 0.4) is 0 Å². The number of rotatable bonds is 4. The third-order valence-electron chi connectivity index (χ3n) is 10.8. The smallest absolute Gasteiger partial charge is 0.131 e. The maximum Gasteiger partial charge on any atom is 0.131 e. The van der Waals surface area contributed by atoms with E-state index in [9.17, 15) is 15.0 Å². The summed E-state index contributed by atoms with van der Waals surface area (Å²) >= 11 is 0. The molecule has 3 N–H and O–H groups in total. The summed E-state index contributed by atoms with van der Waals surface area (Å²) in [4.78, 5) is 13.0. The Balaban J connectivity index is 0.00000148. The lowest BCUT2D eigenvalue weighted by Crippen LogP contribution is -2.70. The molecule has 5 rings (SSSR count). The van der Waals surface area contributed by atoms with Gasteiger partial charge in [0.2, 0.25) is 0 Å². The number of aliphatic hydroxyl groups excluding tert-OH is 1. The third-order valence-corrected chi connectivity index (χ3v) is 10.8. The van der Waals surface area contributed by atoms with Gasteiger partial charge >= 0.3 is 0 Å². The van der Waals surface area contributed by atoms with Gasteiger partial charge in [0.25, 0.3) is 0 Å². The second-order valence-electron chi connectivity index (χ2n) is 12.6. The van der Waals surface area contributed by atoms with Crippen molar-refractivity contribution in [3.8, 4) is 0 Å². The van der Waals surface area contributed by atoms with E-state index in [1.54, 1.807) is 13.8 Å². The van der Waals surface area contributed by atoms with Crippen molar-refractivity contribution < 1.29 is 19.7 Å². The van der Waals surface area contributed by atoms with Crippen LogP contribution in [0.1, 0.15) is 93.4 Å². The number of allylic oxidation sites excluding steroid dienone is 4. The zero-order valence-corrected chi connectivity index (χ0v) is 23.6. The summed E-state index contributed by atoms with van der Waals surface area (Å²) in [6.07, 6.45) is 12.2. The van der Waals surface area contributed by atoms with Gasteiger partial charge in [-0.25, -0.2) is 0 Å². The molecule has 5 aliphatic rings. The first-order valence-corrected chi connectivity index (χ1v) is 14.4. The highest BCUT2D eigenvalue weighted by Gasteiger charge is 2.71. The van der Waals surface area contributed by atoms with Crippen molar-refractivity contribution in [1.29, 1.82) is 0 Å². The van der Waals surface area contributed by atoms with Crippen LogP contribution in [0.15, 0.2) is 35.1 Å². The topological polar surface area (TPSA) is 78.8 Å². The number of hydrogen-bond acceptors (Lipinski definition) is 5.